The fourth-order valence-corrected chi connectivity index (χ4v) is 3.50. The van der Waals surface area contributed by atoms with Crippen LogP contribution in [0.25, 0.3) is 0 Å². The van der Waals surface area contributed by atoms with E-state index in [-0.39, 0.29) is 17.5 Å². The summed E-state index contributed by atoms with van der Waals surface area (Å²) >= 11 is 0. The van der Waals surface area contributed by atoms with E-state index in [2.05, 4.69) is 11.9 Å². The Morgan fingerprint density at radius 1 is 1.30 bits per heavy atom. The highest BCUT2D eigenvalue weighted by Gasteiger charge is 2.31. The minimum absolute atomic E-state index is 0.176. The van der Waals surface area contributed by atoms with E-state index >= 15 is 0 Å². The first-order valence-corrected chi connectivity index (χ1v) is 8.47. The third-order valence-corrected chi connectivity index (χ3v) is 4.97. The summed E-state index contributed by atoms with van der Waals surface area (Å²) in [5, 5.41) is 0. The predicted molar refractivity (Wildman–Crippen MR) is 86.9 cm³/mol. The largest absolute Gasteiger partial charge is 0.381 e. The van der Waals surface area contributed by atoms with E-state index in [1.165, 1.54) is 6.07 Å². The minimum atomic E-state index is -0.432. The lowest BCUT2D eigenvalue weighted by atomic mass is 9.99. The Morgan fingerprint density at radius 3 is 2.70 bits per heavy atom. The number of carbonyl (C=O) groups is 1. The van der Waals surface area contributed by atoms with Crippen LogP contribution in [0.4, 0.5) is 4.39 Å². The number of ether oxygens (including phenoxy) is 1. The normalized spacial score (nSPS) is 23.1. The standard InChI is InChI=1S/C18H25FN2O2/c1-20-9-6-15(7-10-20)21(12-14-8-11-23-13-14)18(22)16-4-2-3-5-17(16)19/h2-5,14-15H,6-13H2,1H3. The molecule has 0 N–H and O–H groups in total. The van der Waals surface area contributed by atoms with E-state index in [9.17, 15) is 9.18 Å². The van der Waals surface area contributed by atoms with Crippen molar-refractivity contribution in [2.45, 2.75) is 25.3 Å². The summed E-state index contributed by atoms with van der Waals surface area (Å²) in [6.07, 6.45) is 2.88. The van der Waals surface area contributed by atoms with Crippen molar-refractivity contribution in [2.75, 3.05) is 39.9 Å². The summed E-state index contributed by atoms with van der Waals surface area (Å²) in [5.41, 5.74) is 0.186. The number of benzene rings is 1. The third-order valence-electron chi connectivity index (χ3n) is 4.97. The highest BCUT2D eigenvalue weighted by molar-refractivity contribution is 5.94. The Hall–Kier alpha value is -1.46. The van der Waals surface area contributed by atoms with Gasteiger partial charge < -0.3 is 14.5 Å². The quantitative estimate of drug-likeness (QED) is 0.854. The van der Waals surface area contributed by atoms with Crippen molar-refractivity contribution in [3.05, 3.63) is 35.6 Å². The molecule has 0 bridgehead atoms. The first-order valence-electron chi connectivity index (χ1n) is 8.47. The van der Waals surface area contributed by atoms with Gasteiger partial charge in [-0.1, -0.05) is 12.1 Å². The second kappa shape index (κ2) is 7.41. The molecule has 4 nitrogen and oxygen atoms in total. The van der Waals surface area contributed by atoms with Crippen LogP contribution in [0.1, 0.15) is 29.6 Å². The lowest BCUT2D eigenvalue weighted by molar-refractivity contribution is 0.0532. The maximum Gasteiger partial charge on any atom is 0.257 e. The van der Waals surface area contributed by atoms with Gasteiger partial charge in [0.05, 0.1) is 12.2 Å². The Labute approximate surface area is 137 Å². The molecule has 1 atom stereocenters. The highest BCUT2D eigenvalue weighted by atomic mass is 19.1. The van der Waals surface area contributed by atoms with Crippen LogP contribution in [-0.2, 0) is 4.74 Å². The van der Waals surface area contributed by atoms with Gasteiger partial charge in [0, 0.05) is 25.1 Å². The Morgan fingerprint density at radius 2 is 2.04 bits per heavy atom. The average molecular weight is 320 g/mol. The van der Waals surface area contributed by atoms with Gasteiger partial charge in [0.2, 0.25) is 0 Å². The lowest BCUT2D eigenvalue weighted by Gasteiger charge is -2.38. The molecule has 0 aliphatic carbocycles. The van der Waals surface area contributed by atoms with Gasteiger partial charge in [0.25, 0.3) is 5.91 Å². The molecule has 2 aliphatic heterocycles. The van der Waals surface area contributed by atoms with E-state index in [1.54, 1.807) is 18.2 Å². The summed E-state index contributed by atoms with van der Waals surface area (Å²) < 4.78 is 19.5. The molecule has 23 heavy (non-hydrogen) atoms. The number of piperidine rings is 1. The zero-order chi connectivity index (χ0) is 16.2. The van der Waals surface area contributed by atoms with E-state index in [0.717, 1.165) is 39.0 Å². The van der Waals surface area contributed by atoms with Crippen LogP contribution in [0.15, 0.2) is 24.3 Å². The van der Waals surface area contributed by atoms with Gasteiger partial charge in [-0.25, -0.2) is 4.39 Å². The second-order valence-corrected chi connectivity index (χ2v) is 6.70. The Bertz CT molecular complexity index is 538. The maximum absolute atomic E-state index is 14.1. The molecule has 0 aromatic heterocycles. The molecule has 126 valence electrons. The number of likely N-dealkylation sites (tertiary alicyclic amines) is 1. The van der Waals surface area contributed by atoms with E-state index in [1.807, 2.05) is 4.90 Å². The van der Waals surface area contributed by atoms with Crippen LogP contribution >= 0.6 is 0 Å². The smallest absolute Gasteiger partial charge is 0.257 e. The van der Waals surface area contributed by atoms with Gasteiger partial charge in [-0.05, 0) is 51.5 Å². The second-order valence-electron chi connectivity index (χ2n) is 6.70. The minimum Gasteiger partial charge on any atom is -0.381 e. The number of nitrogens with zero attached hydrogens (tertiary/aromatic N) is 2. The van der Waals surface area contributed by atoms with E-state index in [4.69, 9.17) is 4.74 Å². The summed E-state index contributed by atoms with van der Waals surface area (Å²) in [6.45, 7) is 4.09. The number of rotatable bonds is 4. The number of hydrogen-bond donors (Lipinski definition) is 0. The van der Waals surface area contributed by atoms with Crippen LogP contribution in [0.5, 0.6) is 0 Å². The van der Waals surface area contributed by atoms with E-state index < -0.39 is 5.82 Å². The summed E-state index contributed by atoms with van der Waals surface area (Å²) in [4.78, 5) is 17.2. The van der Waals surface area contributed by atoms with Gasteiger partial charge in [-0.2, -0.15) is 0 Å². The van der Waals surface area contributed by atoms with Crippen molar-refractivity contribution in [2.24, 2.45) is 5.92 Å². The van der Waals surface area contributed by atoms with Gasteiger partial charge in [0.1, 0.15) is 5.82 Å². The van der Waals surface area contributed by atoms with Crippen molar-refractivity contribution >= 4 is 5.91 Å². The molecule has 2 fully saturated rings. The Balaban J connectivity index is 1.78. The summed E-state index contributed by atoms with van der Waals surface area (Å²) in [5.74, 6) is -0.243. The van der Waals surface area contributed by atoms with Crippen LogP contribution in [0, 0.1) is 11.7 Å². The Kier molecular flexibility index (Phi) is 5.28. The molecule has 3 rings (SSSR count). The molecule has 2 heterocycles. The van der Waals surface area contributed by atoms with Gasteiger partial charge in [-0.15, -0.1) is 0 Å². The molecular weight excluding hydrogens is 295 g/mol. The zero-order valence-corrected chi connectivity index (χ0v) is 13.7. The molecular formula is C18H25FN2O2. The SMILES string of the molecule is CN1CCC(N(CC2CCOC2)C(=O)c2ccccc2F)CC1. The topological polar surface area (TPSA) is 32.8 Å². The van der Waals surface area contributed by atoms with Crippen molar-refractivity contribution in [1.82, 2.24) is 9.80 Å². The fraction of sp³-hybridized carbons (Fsp3) is 0.611. The van der Waals surface area contributed by atoms with Crippen molar-refractivity contribution < 1.29 is 13.9 Å². The molecule has 1 aromatic rings. The summed E-state index contributed by atoms with van der Waals surface area (Å²) in [6, 6.07) is 6.49. The monoisotopic (exact) mass is 320 g/mol. The molecule has 5 heteroatoms. The molecule has 1 aromatic carbocycles. The molecule has 1 unspecified atom stereocenters. The third kappa shape index (κ3) is 3.90. The van der Waals surface area contributed by atoms with Gasteiger partial charge in [0.15, 0.2) is 0 Å². The number of amides is 1. The highest BCUT2D eigenvalue weighted by Crippen LogP contribution is 2.23. The summed E-state index contributed by atoms with van der Waals surface area (Å²) in [7, 11) is 2.10. The number of carbonyl (C=O) groups excluding carboxylic acids is 1. The molecule has 0 radical (unpaired) electrons. The van der Waals surface area contributed by atoms with Gasteiger partial charge >= 0.3 is 0 Å². The van der Waals surface area contributed by atoms with Crippen LogP contribution in [0.2, 0.25) is 0 Å². The first-order chi connectivity index (χ1) is 11.1. The van der Waals surface area contributed by atoms with Crippen molar-refractivity contribution in [3.63, 3.8) is 0 Å². The van der Waals surface area contributed by atoms with Crippen molar-refractivity contribution in [3.8, 4) is 0 Å². The first kappa shape index (κ1) is 16.4. The van der Waals surface area contributed by atoms with Crippen LogP contribution in [-0.4, -0.2) is 61.6 Å². The lowest BCUT2D eigenvalue weighted by Crippen LogP contribution is -2.48. The zero-order valence-electron chi connectivity index (χ0n) is 13.7. The molecule has 2 saturated heterocycles. The van der Waals surface area contributed by atoms with Crippen molar-refractivity contribution in [1.29, 1.82) is 0 Å². The van der Waals surface area contributed by atoms with Crippen LogP contribution < -0.4 is 0 Å². The predicted octanol–water partition coefficient (Wildman–Crippen LogP) is 2.40. The number of halogens is 1. The molecule has 2 aliphatic rings. The van der Waals surface area contributed by atoms with Gasteiger partial charge in [-0.3, -0.25) is 4.79 Å². The molecule has 1 amide bonds. The molecule has 0 spiro atoms. The fourth-order valence-electron chi connectivity index (χ4n) is 3.50. The van der Waals surface area contributed by atoms with E-state index in [0.29, 0.717) is 19.1 Å². The number of hydrogen-bond acceptors (Lipinski definition) is 3. The average Bonchev–Trinajstić information content (AvgIpc) is 3.07. The van der Waals surface area contributed by atoms with Crippen LogP contribution in [0.3, 0.4) is 0 Å². The molecule has 0 saturated carbocycles. The maximum atomic E-state index is 14.1.